The Bertz CT molecular complexity index is 1250. The van der Waals surface area contributed by atoms with Crippen LogP contribution in [0.5, 0.6) is 11.8 Å². The number of urea groups is 1. The first-order chi connectivity index (χ1) is 18.2. The summed E-state index contributed by atoms with van der Waals surface area (Å²) in [7, 11) is 1.51. The predicted molar refractivity (Wildman–Crippen MR) is 134 cm³/mol. The normalized spacial score (nSPS) is 19.5. The van der Waals surface area contributed by atoms with Gasteiger partial charge in [-0.2, -0.15) is 5.10 Å². The van der Waals surface area contributed by atoms with Gasteiger partial charge in [0.25, 0.3) is 5.88 Å². The highest BCUT2D eigenvalue weighted by atomic mass is 19.3. The van der Waals surface area contributed by atoms with Crippen molar-refractivity contribution in [3.8, 4) is 23.0 Å². The van der Waals surface area contributed by atoms with Crippen molar-refractivity contribution in [1.82, 2.24) is 34.8 Å². The van der Waals surface area contributed by atoms with Crippen molar-refractivity contribution in [3.05, 3.63) is 30.4 Å². The van der Waals surface area contributed by atoms with E-state index in [9.17, 15) is 13.6 Å². The standard InChI is InChI=1S/C25H33F2N7O4/c1-5-33-16(2)17-12-19(22(36-4)28-13-17)20-14-34-21(29-15-30-34)23(32-20)38-11-10-37-9-7-18(31-24(33)35)6-8-25(3,26)27/h12-16,18H,5-11H2,1-4H3,(H,31,35)/t16-,18+/m1/s1. The maximum absolute atomic E-state index is 13.6. The number of hydrogen-bond acceptors (Lipinski definition) is 8. The number of ether oxygens (including phenoxy) is 3. The second-order valence-electron chi connectivity index (χ2n) is 9.25. The van der Waals surface area contributed by atoms with E-state index in [1.807, 2.05) is 19.9 Å². The number of halogens is 2. The molecule has 2 atom stereocenters. The molecule has 0 aliphatic carbocycles. The highest BCUT2D eigenvalue weighted by molar-refractivity contribution is 5.75. The summed E-state index contributed by atoms with van der Waals surface area (Å²) in [6, 6.07) is 0.641. The smallest absolute Gasteiger partial charge is 0.318 e. The first-order valence-electron chi connectivity index (χ1n) is 12.6. The molecule has 0 saturated carbocycles. The van der Waals surface area contributed by atoms with E-state index in [2.05, 4.69) is 25.4 Å². The van der Waals surface area contributed by atoms with E-state index in [0.717, 1.165) is 12.5 Å². The number of carbonyl (C=O) groups excluding carboxylic acids is 1. The number of hydrogen-bond donors (Lipinski definition) is 1. The first kappa shape index (κ1) is 27.4. The van der Waals surface area contributed by atoms with Crippen LogP contribution in [0.15, 0.2) is 24.8 Å². The number of fused-ring (bicyclic) bond motifs is 7. The van der Waals surface area contributed by atoms with Crippen LogP contribution in [-0.2, 0) is 4.74 Å². The topological polar surface area (TPSA) is 116 Å². The second-order valence-corrected chi connectivity index (χ2v) is 9.25. The van der Waals surface area contributed by atoms with Crippen molar-refractivity contribution in [3.63, 3.8) is 0 Å². The van der Waals surface area contributed by atoms with Gasteiger partial charge < -0.3 is 24.4 Å². The third-order valence-electron chi connectivity index (χ3n) is 6.46. The Labute approximate surface area is 219 Å². The number of methoxy groups -OCH3 is 1. The van der Waals surface area contributed by atoms with Gasteiger partial charge in [0.05, 0.1) is 37.2 Å². The summed E-state index contributed by atoms with van der Waals surface area (Å²) in [5.74, 6) is -2.22. The van der Waals surface area contributed by atoms with E-state index < -0.39 is 12.0 Å². The van der Waals surface area contributed by atoms with Gasteiger partial charge in [0.15, 0.2) is 0 Å². The SMILES string of the molecule is CCN1C(=O)N[C@@H](CCC(C)(F)F)CCOCCOc2nc(cn3ncnc23)-c2cc(cnc2OC)[C@H]1C. The molecule has 38 heavy (non-hydrogen) atoms. The Balaban J connectivity index is 1.72. The predicted octanol–water partition coefficient (Wildman–Crippen LogP) is 3.89. The second kappa shape index (κ2) is 11.8. The summed E-state index contributed by atoms with van der Waals surface area (Å²) < 4.78 is 45.8. The van der Waals surface area contributed by atoms with Crippen LogP contribution in [0.2, 0.25) is 0 Å². The number of pyridine rings is 1. The van der Waals surface area contributed by atoms with Gasteiger partial charge in [-0.15, -0.1) is 0 Å². The lowest BCUT2D eigenvalue weighted by atomic mass is 10.0. The van der Waals surface area contributed by atoms with E-state index in [-0.39, 0.29) is 50.6 Å². The highest BCUT2D eigenvalue weighted by Crippen LogP contribution is 2.33. The Morgan fingerprint density at radius 3 is 2.82 bits per heavy atom. The van der Waals surface area contributed by atoms with E-state index in [1.165, 1.54) is 13.4 Å². The minimum absolute atomic E-state index is 0.121. The number of carbonyl (C=O) groups is 1. The minimum atomic E-state index is -2.83. The van der Waals surface area contributed by atoms with Gasteiger partial charge in [-0.3, -0.25) is 0 Å². The maximum atomic E-state index is 13.6. The van der Waals surface area contributed by atoms with Crippen LogP contribution >= 0.6 is 0 Å². The molecule has 1 aliphatic rings. The van der Waals surface area contributed by atoms with E-state index in [0.29, 0.717) is 35.8 Å². The third-order valence-corrected chi connectivity index (χ3v) is 6.46. The van der Waals surface area contributed by atoms with Gasteiger partial charge >= 0.3 is 6.03 Å². The molecule has 4 heterocycles. The van der Waals surface area contributed by atoms with Gasteiger partial charge in [-0.25, -0.2) is 33.0 Å². The summed E-state index contributed by atoms with van der Waals surface area (Å²) in [6.45, 7) is 5.69. The molecule has 206 valence electrons. The molecule has 0 radical (unpaired) electrons. The molecule has 13 heteroatoms. The van der Waals surface area contributed by atoms with Crippen molar-refractivity contribution in [2.24, 2.45) is 0 Å². The molecular weight excluding hydrogens is 500 g/mol. The van der Waals surface area contributed by atoms with Gasteiger partial charge in [0.1, 0.15) is 12.9 Å². The molecule has 1 aliphatic heterocycles. The van der Waals surface area contributed by atoms with Crippen LogP contribution in [0, 0.1) is 0 Å². The molecular formula is C25H33F2N7O4. The zero-order valence-electron chi connectivity index (χ0n) is 22.0. The average molecular weight is 534 g/mol. The molecule has 11 nitrogen and oxygen atoms in total. The summed E-state index contributed by atoms with van der Waals surface area (Å²) >= 11 is 0. The fourth-order valence-electron chi connectivity index (χ4n) is 4.34. The number of nitrogens with zero attached hydrogens (tertiary/aromatic N) is 6. The van der Waals surface area contributed by atoms with Crippen LogP contribution in [0.3, 0.4) is 0 Å². The first-order valence-corrected chi connectivity index (χ1v) is 12.6. The molecule has 0 unspecified atom stereocenters. The molecule has 3 aromatic rings. The quantitative estimate of drug-likeness (QED) is 0.525. The van der Waals surface area contributed by atoms with Crippen molar-refractivity contribution in [1.29, 1.82) is 0 Å². The molecule has 0 saturated heterocycles. The fourth-order valence-corrected chi connectivity index (χ4v) is 4.34. The van der Waals surface area contributed by atoms with Crippen LogP contribution in [0.1, 0.15) is 51.6 Å². The average Bonchev–Trinajstić information content (AvgIpc) is 3.37. The lowest BCUT2D eigenvalue weighted by Gasteiger charge is -2.31. The van der Waals surface area contributed by atoms with Gasteiger partial charge in [0.2, 0.25) is 17.4 Å². The lowest BCUT2D eigenvalue weighted by molar-refractivity contribution is 0.00683. The molecule has 2 amide bonds. The Kier molecular flexibility index (Phi) is 8.55. The number of alkyl halides is 2. The molecule has 4 rings (SSSR count). The van der Waals surface area contributed by atoms with E-state index in [4.69, 9.17) is 14.2 Å². The zero-order chi connectivity index (χ0) is 27.3. The molecule has 0 fully saturated rings. The highest BCUT2D eigenvalue weighted by Gasteiger charge is 2.27. The Morgan fingerprint density at radius 1 is 1.26 bits per heavy atom. The summed E-state index contributed by atoms with van der Waals surface area (Å²) in [5.41, 5.74) is 2.26. The zero-order valence-corrected chi connectivity index (χ0v) is 22.0. The molecule has 4 bridgehead atoms. The van der Waals surface area contributed by atoms with Crippen molar-refractivity contribution < 1.29 is 27.8 Å². The van der Waals surface area contributed by atoms with Gasteiger partial charge in [0, 0.05) is 31.8 Å². The molecule has 1 N–H and O–H groups in total. The molecule has 0 aromatic carbocycles. The fraction of sp³-hybridized carbons (Fsp3) is 0.560. The van der Waals surface area contributed by atoms with E-state index >= 15 is 0 Å². The monoisotopic (exact) mass is 533 g/mol. The van der Waals surface area contributed by atoms with Gasteiger partial charge in [-0.1, -0.05) is 0 Å². The molecule has 3 aromatic heterocycles. The third kappa shape index (κ3) is 6.44. The van der Waals surface area contributed by atoms with Crippen molar-refractivity contribution >= 4 is 11.7 Å². The van der Waals surface area contributed by atoms with Crippen LogP contribution in [0.4, 0.5) is 13.6 Å². The van der Waals surface area contributed by atoms with Crippen molar-refractivity contribution in [2.75, 3.05) is 33.5 Å². The minimum Gasteiger partial charge on any atom is -0.481 e. The van der Waals surface area contributed by atoms with Crippen LogP contribution in [-0.4, -0.2) is 80.9 Å². The number of nitrogens with one attached hydrogen (secondary N) is 1. The lowest BCUT2D eigenvalue weighted by Crippen LogP contribution is -2.46. The Morgan fingerprint density at radius 2 is 2.08 bits per heavy atom. The van der Waals surface area contributed by atoms with Crippen LogP contribution < -0.4 is 14.8 Å². The number of amides is 2. The van der Waals surface area contributed by atoms with E-state index in [1.54, 1.807) is 21.8 Å². The number of rotatable bonds is 5. The maximum Gasteiger partial charge on any atom is 0.318 e. The van der Waals surface area contributed by atoms with Crippen molar-refractivity contribution in [2.45, 2.75) is 58.0 Å². The Hall–Kier alpha value is -3.61. The largest absolute Gasteiger partial charge is 0.481 e. The molecule has 0 spiro atoms. The van der Waals surface area contributed by atoms with Gasteiger partial charge in [-0.05, 0) is 45.2 Å². The summed E-state index contributed by atoms with van der Waals surface area (Å²) in [4.78, 5) is 28.3. The number of aromatic nitrogens is 5. The summed E-state index contributed by atoms with van der Waals surface area (Å²) in [5, 5.41) is 7.17. The van der Waals surface area contributed by atoms with Crippen LogP contribution in [0.25, 0.3) is 16.9 Å². The summed E-state index contributed by atoms with van der Waals surface area (Å²) in [6.07, 6.45) is 4.91.